The summed E-state index contributed by atoms with van der Waals surface area (Å²) in [5, 5.41) is 13.4. The molecule has 3 rings (SSSR count). The quantitative estimate of drug-likeness (QED) is 0.480. The van der Waals surface area contributed by atoms with Gasteiger partial charge in [0.15, 0.2) is 11.0 Å². The van der Waals surface area contributed by atoms with Crippen LogP contribution in [0, 0.1) is 19.8 Å². The van der Waals surface area contributed by atoms with Crippen LogP contribution in [0.25, 0.3) is 0 Å². The maximum Gasteiger partial charge on any atom is 0.251 e. The van der Waals surface area contributed by atoms with E-state index in [1.807, 2.05) is 19.1 Å². The van der Waals surface area contributed by atoms with Crippen LogP contribution in [0.15, 0.2) is 47.5 Å². The monoisotopic (exact) mass is 394 g/mol. The van der Waals surface area contributed by atoms with Gasteiger partial charge in [0.25, 0.3) is 5.91 Å². The maximum atomic E-state index is 12.9. The lowest BCUT2D eigenvalue weighted by molar-refractivity contribution is -0.255. The molecule has 28 heavy (non-hydrogen) atoms. The van der Waals surface area contributed by atoms with Crippen LogP contribution in [-0.4, -0.2) is 29.1 Å². The number of aromatic carboxylic acids is 1. The minimum Gasteiger partial charge on any atom is -0.545 e. The molecule has 2 aromatic carbocycles. The summed E-state index contributed by atoms with van der Waals surface area (Å²) in [4.78, 5) is 41.5. The molecule has 1 heterocycles. The molecule has 1 aliphatic heterocycles. The van der Waals surface area contributed by atoms with Gasteiger partial charge in [-0.25, -0.2) is 0 Å². The van der Waals surface area contributed by atoms with Gasteiger partial charge in [0.1, 0.15) is 0 Å². The van der Waals surface area contributed by atoms with E-state index in [2.05, 4.69) is 10.3 Å². The van der Waals surface area contributed by atoms with Gasteiger partial charge in [-0.1, -0.05) is 23.8 Å². The van der Waals surface area contributed by atoms with Gasteiger partial charge in [0.05, 0.1) is 17.3 Å². The summed E-state index contributed by atoms with van der Waals surface area (Å²) in [6.45, 7) is 3.60. The Morgan fingerprint density at radius 2 is 1.86 bits per heavy atom. The van der Waals surface area contributed by atoms with Crippen LogP contribution >= 0.6 is 12.2 Å². The Morgan fingerprint density at radius 3 is 2.46 bits per heavy atom. The molecule has 2 aromatic rings. The van der Waals surface area contributed by atoms with E-state index in [0.29, 0.717) is 16.9 Å². The van der Waals surface area contributed by atoms with Gasteiger partial charge in [-0.2, -0.15) is 0 Å². The second-order valence-electron chi connectivity index (χ2n) is 6.35. The van der Waals surface area contributed by atoms with Crippen molar-refractivity contribution in [3.05, 3.63) is 59.2 Å². The van der Waals surface area contributed by atoms with Crippen molar-refractivity contribution in [1.29, 1.82) is 0 Å². The van der Waals surface area contributed by atoms with Crippen LogP contribution in [0.4, 0.5) is 11.4 Å². The molecular formula is C20H16N3O4S-. The van der Waals surface area contributed by atoms with Gasteiger partial charge in [0, 0.05) is 6.21 Å². The lowest BCUT2D eigenvalue weighted by Crippen LogP contribution is -2.58. The molecule has 1 N–H and O–H groups in total. The molecule has 0 unspecified atom stereocenters. The second-order valence-corrected chi connectivity index (χ2v) is 6.73. The molecule has 0 aliphatic carbocycles. The van der Waals surface area contributed by atoms with E-state index in [1.165, 1.54) is 29.3 Å². The number of nitrogens with zero attached hydrogens (tertiary/aromatic N) is 2. The molecule has 8 heteroatoms. The first-order chi connectivity index (χ1) is 13.3. The van der Waals surface area contributed by atoms with Gasteiger partial charge >= 0.3 is 0 Å². The van der Waals surface area contributed by atoms with Crippen LogP contribution in [0.1, 0.15) is 21.5 Å². The zero-order valence-electron chi connectivity index (χ0n) is 15.1. The molecule has 2 amide bonds. The predicted octanol–water partition coefficient (Wildman–Crippen LogP) is 1.43. The standard InChI is InChI=1S/C20H17N3O4S/c1-11-3-6-14(7-4-11)23-18(25)15(17(24)22-20(23)28)10-21-16-8-5-13(19(26)27)9-12(16)2/h3-10,15H,1-2H3,(H,26,27)(H,22,24,28)/p-1/t15-/m0/s1. The Labute approximate surface area is 166 Å². The van der Waals surface area contributed by atoms with Crippen molar-refractivity contribution >= 4 is 52.7 Å². The van der Waals surface area contributed by atoms with Crippen LogP contribution in [0.5, 0.6) is 0 Å². The minimum atomic E-state index is -1.29. The number of anilines is 1. The van der Waals surface area contributed by atoms with E-state index in [4.69, 9.17) is 12.2 Å². The number of thiocarbonyl (C=S) groups is 1. The molecule has 0 saturated carbocycles. The third-order valence-corrected chi connectivity index (χ3v) is 4.57. The van der Waals surface area contributed by atoms with Gasteiger partial charge in [-0.15, -0.1) is 0 Å². The Morgan fingerprint density at radius 1 is 1.18 bits per heavy atom. The van der Waals surface area contributed by atoms with E-state index in [-0.39, 0.29) is 10.7 Å². The number of aliphatic imine (C=N–C) groups is 1. The molecule has 1 aliphatic rings. The normalized spacial score (nSPS) is 17.1. The summed E-state index contributed by atoms with van der Waals surface area (Å²) < 4.78 is 0. The van der Waals surface area contributed by atoms with Crippen molar-refractivity contribution in [1.82, 2.24) is 5.32 Å². The highest BCUT2D eigenvalue weighted by Gasteiger charge is 2.38. The fourth-order valence-electron chi connectivity index (χ4n) is 2.74. The lowest BCUT2D eigenvalue weighted by Gasteiger charge is -2.31. The number of amides is 2. The molecule has 0 aromatic heterocycles. The van der Waals surface area contributed by atoms with Crippen LogP contribution < -0.4 is 15.3 Å². The predicted molar refractivity (Wildman–Crippen MR) is 107 cm³/mol. The Bertz CT molecular complexity index is 1010. The van der Waals surface area contributed by atoms with E-state index in [0.717, 1.165) is 5.56 Å². The molecule has 142 valence electrons. The van der Waals surface area contributed by atoms with Crippen molar-refractivity contribution in [2.75, 3.05) is 4.90 Å². The highest BCUT2D eigenvalue weighted by Crippen LogP contribution is 2.23. The molecule has 7 nitrogen and oxygen atoms in total. The Hall–Kier alpha value is -3.39. The van der Waals surface area contributed by atoms with Gasteiger partial charge in [-0.3, -0.25) is 19.5 Å². The summed E-state index contributed by atoms with van der Waals surface area (Å²) in [6, 6.07) is 11.4. The first-order valence-corrected chi connectivity index (χ1v) is 8.80. The zero-order valence-corrected chi connectivity index (χ0v) is 15.9. The van der Waals surface area contributed by atoms with Gasteiger partial charge in [0.2, 0.25) is 5.91 Å². The molecule has 0 bridgehead atoms. The average Bonchev–Trinajstić information content (AvgIpc) is 2.63. The van der Waals surface area contributed by atoms with Crippen LogP contribution in [-0.2, 0) is 9.59 Å². The molecule has 1 atom stereocenters. The third-order valence-electron chi connectivity index (χ3n) is 4.29. The number of carbonyl (C=O) groups is 3. The Balaban J connectivity index is 1.88. The van der Waals surface area contributed by atoms with Gasteiger partial charge in [-0.05, 0) is 61.5 Å². The summed E-state index contributed by atoms with van der Waals surface area (Å²) >= 11 is 5.15. The maximum absolute atomic E-state index is 12.9. The third kappa shape index (κ3) is 3.81. The van der Waals surface area contributed by atoms with Crippen molar-refractivity contribution in [2.24, 2.45) is 10.9 Å². The topological polar surface area (TPSA) is 102 Å². The van der Waals surface area contributed by atoms with Crippen molar-refractivity contribution < 1.29 is 19.5 Å². The summed E-state index contributed by atoms with van der Waals surface area (Å²) in [6.07, 6.45) is 1.24. The molecule has 1 saturated heterocycles. The number of benzene rings is 2. The van der Waals surface area contributed by atoms with E-state index >= 15 is 0 Å². The highest BCUT2D eigenvalue weighted by atomic mass is 32.1. The number of nitrogens with one attached hydrogen (secondary N) is 1. The number of carbonyl (C=O) groups excluding carboxylic acids is 3. The second kappa shape index (κ2) is 7.69. The summed E-state index contributed by atoms with van der Waals surface area (Å²) in [7, 11) is 0. The lowest BCUT2D eigenvalue weighted by atomic mass is 10.1. The molecular weight excluding hydrogens is 378 g/mol. The van der Waals surface area contributed by atoms with Crippen molar-refractivity contribution in [3.63, 3.8) is 0 Å². The van der Waals surface area contributed by atoms with E-state index in [9.17, 15) is 19.5 Å². The Kier molecular flexibility index (Phi) is 5.32. The van der Waals surface area contributed by atoms with E-state index < -0.39 is 23.7 Å². The molecule has 1 fully saturated rings. The van der Waals surface area contributed by atoms with Crippen molar-refractivity contribution in [2.45, 2.75) is 13.8 Å². The SMILES string of the molecule is Cc1ccc(N2C(=O)[C@@H](C=Nc3ccc(C(=O)[O-])cc3C)C(=O)NC2=S)cc1. The number of aryl methyl sites for hydroxylation is 2. The first-order valence-electron chi connectivity index (χ1n) is 8.39. The minimum absolute atomic E-state index is 0.0120. The molecule has 0 radical (unpaired) electrons. The highest BCUT2D eigenvalue weighted by molar-refractivity contribution is 7.80. The summed E-state index contributed by atoms with van der Waals surface area (Å²) in [5.41, 5.74) is 2.62. The molecule has 0 spiro atoms. The first kappa shape index (κ1) is 19.4. The average molecular weight is 394 g/mol. The van der Waals surface area contributed by atoms with Crippen molar-refractivity contribution in [3.8, 4) is 0 Å². The number of hydrogen-bond acceptors (Lipinski definition) is 6. The van der Waals surface area contributed by atoms with Crippen LogP contribution in [0.2, 0.25) is 0 Å². The largest absolute Gasteiger partial charge is 0.545 e. The van der Waals surface area contributed by atoms with Crippen LogP contribution in [0.3, 0.4) is 0 Å². The fraction of sp³-hybridized carbons (Fsp3) is 0.150. The number of carboxylic acids is 1. The van der Waals surface area contributed by atoms with E-state index in [1.54, 1.807) is 19.1 Å². The van der Waals surface area contributed by atoms with Gasteiger partial charge < -0.3 is 15.2 Å². The summed E-state index contributed by atoms with van der Waals surface area (Å²) in [5.74, 6) is -3.52. The zero-order chi connectivity index (χ0) is 20.4. The number of carboxylic acid groups (broad SMARTS) is 1. The number of hydrogen-bond donors (Lipinski definition) is 1. The number of rotatable bonds is 4. The smallest absolute Gasteiger partial charge is 0.251 e. The fourth-order valence-corrected chi connectivity index (χ4v) is 3.04.